The van der Waals surface area contributed by atoms with E-state index >= 15 is 0 Å². The molecule has 0 unspecified atom stereocenters. The molecule has 0 spiro atoms. The van der Waals surface area contributed by atoms with Gasteiger partial charge in [0.25, 0.3) is 0 Å². The van der Waals surface area contributed by atoms with E-state index in [1.165, 1.54) is 16.7 Å². The molecule has 0 bridgehead atoms. The molecule has 1 aromatic carbocycles. The van der Waals surface area contributed by atoms with Gasteiger partial charge in [-0.3, -0.25) is 4.98 Å². The maximum absolute atomic E-state index is 4.72. The second kappa shape index (κ2) is 3.14. The van der Waals surface area contributed by atoms with E-state index in [-0.39, 0.29) is 0 Å². The molecule has 1 aliphatic carbocycles. The summed E-state index contributed by atoms with van der Waals surface area (Å²) in [6.07, 6.45) is 4.99. The lowest BCUT2D eigenvalue weighted by molar-refractivity contribution is 1.09. The average molecular weight is 218 g/mol. The van der Waals surface area contributed by atoms with Crippen LogP contribution in [0, 0.1) is 0 Å². The predicted molar refractivity (Wildman–Crippen MR) is 68.6 cm³/mol. The van der Waals surface area contributed by atoms with Crippen molar-refractivity contribution in [3.8, 4) is 0 Å². The molecular formula is C15H10N2. The Kier molecular flexibility index (Phi) is 1.64. The summed E-state index contributed by atoms with van der Waals surface area (Å²) < 4.78 is 0. The van der Waals surface area contributed by atoms with Crippen LogP contribution in [-0.4, -0.2) is 10.7 Å². The Morgan fingerprint density at radius 1 is 0.941 bits per heavy atom. The van der Waals surface area contributed by atoms with Gasteiger partial charge in [0.2, 0.25) is 0 Å². The van der Waals surface area contributed by atoms with Gasteiger partial charge >= 0.3 is 0 Å². The van der Waals surface area contributed by atoms with Crippen LogP contribution in [0.4, 0.5) is 5.69 Å². The molecule has 2 heterocycles. The van der Waals surface area contributed by atoms with Crippen LogP contribution < -0.4 is 0 Å². The van der Waals surface area contributed by atoms with Gasteiger partial charge < -0.3 is 0 Å². The molecule has 1 aromatic heterocycles. The first-order chi connectivity index (χ1) is 8.43. The van der Waals surface area contributed by atoms with Gasteiger partial charge in [-0.2, -0.15) is 0 Å². The van der Waals surface area contributed by atoms with Crippen LogP contribution >= 0.6 is 0 Å². The van der Waals surface area contributed by atoms with Gasteiger partial charge in [-0.25, -0.2) is 4.99 Å². The van der Waals surface area contributed by atoms with E-state index in [0.29, 0.717) is 0 Å². The van der Waals surface area contributed by atoms with Crippen molar-refractivity contribution in [1.82, 2.24) is 4.98 Å². The third-order valence-electron chi connectivity index (χ3n) is 3.33. The number of para-hydroxylation sites is 1. The molecule has 2 aliphatic rings. The molecule has 4 rings (SSSR count). The molecule has 0 atom stereocenters. The van der Waals surface area contributed by atoms with Gasteiger partial charge in [0.15, 0.2) is 0 Å². The van der Waals surface area contributed by atoms with Crippen molar-refractivity contribution in [2.45, 2.75) is 6.42 Å². The first-order valence-electron chi connectivity index (χ1n) is 5.76. The molecular weight excluding hydrogens is 208 g/mol. The van der Waals surface area contributed by atoms with E-state index in [4.69, 9.17) is 4.99 Å². The molecule has 2 nitrogen and oxygen atoms in total. The summed E-state index contributed by atoms with van der Waals surface area (Å²) in [5, 5.41) is 0. The van der Waals surface area contributed by atoms with E-state index in [1.807, 2.05) is 18.3 Å². The maximum Gasteiger partial charge on any atom is 0.0803 e. The summed E-state index contributed by atoms with van der Waals surface area (Å²) in [4.78, 5) is 9.14. The highest BCUT2D eigenvalue weighted by Gasteiger charge is 2.26. The second-order valence-electron chi connectivity index (χ2n) is 4.30. The lowest BCUT2D eigenvalue weighted by Crippen LogP contribution is -2.10. The Bertz CT molecular complexity index is 681. The van der Waals surface area contributed by atoms with Crippen LogP contribution in [0.1, 0.15) is 16.8 Å². The largest absolute Gasteiger partial charge is 0.260 e. The number of fused-ring (bicyclic) bond motifs is 5. The zero-order chi connectivity index (χ0) is 11.2. The lowest BCUT2D eigenvalue weighted by atomic mass is 9.91. The van der Waals surface area contributed by atoms with Crippen molar-refractivity contribution in [2.24, 2.45) is 4.99 Å². The molecule has 1 aliphatic heterocycles. The van der Waals surface area contributed by atoms with E-state index in [1.54, 1.807) is 0 Å². The number of aromatic nitrogens is 1. The molecule has 0 fully saturated rings. The SMILES string of the molecule is C1=C2C(=Nc3ccccc32)c2cccnc2C1. The monoisotopic (exact) mass is 218 g/mol. The zero-order valence-electron chi connectivity index (χ0n) is 9.22. The van der Waals surface area contributed by atoms with Gasteiger partial charge in [0.05, 0.1) is 17.1 Å². The zero-order valence-corrected chi connectivity index (χ0v) is 9.22. The fourth-order valence-electron chi connectivity index (χ4n) is 2.53. The average Bonchev–Trinajstić information content (AvgIpc) is 2.78. The van der Waals surface area contributed by atoms with Gasteiger partial charge in [0.1, 0.15) is 0 Å². The summed E-state index contributed by atoms with van der Waals surface area (Å²) in [6, 6.07) is 12.4. The third-order valence-corrected chi connectivity index (χ3v) is 3.33. The van der Waals surface area contributed by atoms with Crippen LogP contribution in [0.2, 0.25) is 0 Å². The first kappa shape index (κ1) is 8.88. The smallest absolute Gasteiger partial charge is 0.0803 e. The number of hydrogen-bond donors (Lipinski definition) is 0. The van der Waals surface area contributed by atoms with Gasteiger partial charge in [-0.1, -0.05) is 24.3 Å². The summed E-state index contributed by atoms with van der Waals surface area (Å²) >= 11 is 0. The number of hydrogen-bond acceptors (Lipinski definition) is 2. The van der Waals surface area contributed by atoms with Crippen LogP contribution in [0.5, 0.6) is 0 Å². The van der Waals surface area contributed by atoms with Crippen LogP contribution in [0.15, 0.2) is 53.7 Å². The Labute approximate surface area is 99.4 Å². The Hall–Kier alpha value is -2.22. The summed E-state index contributed by atoms with van der Waals surface area (Å²) in [5.74, 6) is 0. The van der Waals surface area contributed by atoms with Crippen molar-refractivity contribution in [3.63, 3.8) is 0 Å². The molecule has 0 saturated carbocycles. The normalized spacial score (nSPS) is 15.5. The topological polar surface area (TPSA) is 25.2 Å². The highest BCUT2D eigenvalue weighted by atomic mass is 14.8. The quantitative estimate of drug-likeness (QED) is 0.666. The van der Waals surface area contributed by atoms with Crippen LogP contribution in [-0.2, 0) is 6.42 Å². The van der Waals surface area contributed by atoms with Crippen molar-refractivity contribution >= 4 is 17.0 Å². The standard InChI is InChI=1S/C15H10N2/c1-2-6-14-10(4-1)11-7-8-13-12(15(11)17-14)5-3-9-16-13/h1-7,9H,8H2. The minimum absolute atomic E-state index is 0.902. The third kappa shape index (κ3) is 1.15. The van der Waals surface area contributed by atoms with E-state index in [9.17, 15) is 0 Å². The summed E-state index contributed by atoms with van der Waals surface area (Å²) in [5.41, 5.74) is 6.98. The van der Waals surface area contributed by atoms with Crippen molar-refractivity contribution in [3.05, 3.63) is 65.5 Å². The molecule has 80 valence electrons. The summed E-state index contributed by atoms with van der Waals surface area (Å²) in [7, 11) is 0. The molecule has 0 radical (unpaired) electrons. The molecule has 0 N–H and O–H groups in total. The van der Waals surface area contributed by atoms with Crippen molar-refractivity contribution in [2.75, 3.05) is 0 Å². The fraction of sp³-hybridized carbons (Fsp3) is 0.0667. The maximum atomic E-state index is 4.72. The highest BCUT2D eigenvalue weighted by molar-refractivity contribution is 6.37. The van der Waals surface area contributed by atoms with E-state index in [0.717, 1.165) is 23.5 Å². The second-order valence-corrected chi connectivity index (χ2v) is 4.30. The molecule has 0 saturated heterocycles. The number of rotatable bonds is 0. The van der Waals surface area contributed by atoms with Gasteiger partial charge in [-0.15, -0.1) is 0 Å². The van der Waals surface area contributed by atoms with Gasteiger partial charge in [0, 0.05) is 29.3 Å². The lowest BCUT2D eigenvalue weighted by Gasteiger charge is -2.14. The Morgan fingerprint density at radius 2 is 1.82 bits per heavy atom. The molecule has 2 heteroatoms. The number of allylic oxidation sites excluding steroid dienone is 2. The predicted octanol–water partition coefficient (Wildman–Crippen LogP) is 3.16. The minimum atomic E-state index is 0.902. The molecule has 17 heavy (non-hydrogen) atoms. The van der Waals surface area contributed by atoms with Crippen molar-refractivity contribution < 1.29 is 0 Å². The van der Waals surface area contributed by atoms with Gasteiger partial charge in [-0.05, 0) is 18.2 Å². The van der Waals surface area contributed by atoms with Crippen LogP contribution in [0.3, 0.4) is 0 Å². The Morgan fingerprint density at radius 3 is 2.82 bits per heavy atom. The number of pyridine rings is 1. The number of nitrogens with zero attached hydrogens (tertiary/aromatic N) is 2. The fourth-order valence-corrected chi connectivity index (χ4v) is 2.53. The highest BCUT2D eigenvalue weighted by Crippen LogP contribution is 2.39. The summed E-state index contributed by atoms with van der Waals surface area (Å²) in [6.45, 7) is 0. The minimum Gasteiger partial charge on any atom is -0.260 e. The Balaban J connectivity index is 1.99. The van der Waals surface area contributed by atoms with Crippen molar-refractivity contribution in [1.29, 1.82) is 0 Å². The van der Waals surface area contributed by atoms with Crippen LogP contribution in [0.25, 0.3) is 5.57 Å². The first-order valence-corrected chi connectivity index (χ1v) is 5.76. The molecule has 0 amide bonds. The van der Waals surface area contributed by atoms with E-state index in [2.05, 4.69) is 35.3 Å². The number of benzene rings is 1. The number of aliphatic imine (C=N–C) groups is 1. The molecule has 2 aromatic rings. The van der Waals surface area contributed by atoms with E-state index < -0.39 is 0 Å².